The third kappa shape index (κ3) is 4.63. The average Bonchev–Trinajstić information content (AvgIpc) is 3.76. The number of para-hydroxylation sites is 1. The Labute approximate surface area is 271 Å². The second kappa shape index (κ2) is 10.7. The molecule has 1 amide bonds. The maximum absolute atomic E-state index is 13.3. The van der Waals surface area contributed by atoms with Crippen molar-refractivity contribution in [3.63, 3.8) is 0 Å². The van der Waals surface area contributed by atoms with Gasteiger partial charge < -0.3 is 4.74 Å². The van der Waals surface area contributed by atoms with E-state index in [1.165, 1.54) is 0 Å². The van der Waals surface area contributed by atoms with Crippen LogP contribution in [-0.2, 0) is 0 Å². The Bertz CT molecular complexity index is 1980. The minimum Gasteiger partial charge on any atom is -0.444 e. The van der Waals surface area contributed by atoms with Crippen LogP contribution in [0.15, 0.2) is 124 Å². The van der Waals surface area contributed by atoms with Crippen LogP contribution in [0.5, 0.6) is 5.75 Å². The van der Waals surface area contributed by atoms with Crippen LogP contribution in [0.25, 0.3) is 23.0 Å². The lowest BCUT2D eigenvalue weighted by molar-refractivity contribution is -0.0949. The fraction of sp³-hybridized carbons (Fsp3) is 0.0882. The number of benzene rings is 4. The molecule has 0 radical (unpaired) electrons. The van der Waals surface area contributed by atoms with E-state index in [2.05, 4.69) is 27.3 Å². The Morgan fingerprint density at radius 1 is 0.977 bits per heavy atom. The highest BCUT2D eigenvalue weighted by atomic mass is 79.9. The Balaban J connectivity index is 1.30. The molecule has 3 aliphatic heterocycles. The normalized spacial score (nSPS) is 21.2. The lowest BCUT2D eigenvalue weighted by Gasteiger charge is -2.45. The highest BCUT2D eigenvalue weighted by Crippen LogP contribution is 2.53. The molecule has 0 bridgehead atoms. The third-order valence-corrected chi connectivity index (χ3v) is 9.55. The Hall–Kier alpha value is -4.31. The standard InChI is InChI=1S/C34H23BrClN5O2S/c35-24-13-16-30-27(18-24)29-19-28(21-11-14-25(36)15-12-21)38-41(29)34(43-30)31(44-33(42)37-34)17-23-20-40(26-9-5-2-6-10-26)39-32(23)22-7-3-1-4-8-22/h1-18,20,29H,19H2,(H,37,42)/b31-17-. The molecule has 0 saturated carbocycles. The van der Waals surface area contributed by atoms with Crippen LogP contribution in [-0.4, -0.2) is 31.6 Å². The van der Waals surface area contributed by atoms with E-state index in [0.717, 1.165) is 55.6 Å². The maximum atomic E-state index is 13.3. The molecule has 8 rings (SSSR count). The number of fused-ring (bicyclic) bond motifs is 4. The molecule has 5 aromatic rings. The summed E-state index contributed by atoms with van der Waals surface area (Å²) in [7, 11) is 0. The fourth-order valence-electron chi connectivity index (χ4n) is 5.87. The number of hydrazone groups is 1. The third-order valence-electron chi connectivity index (χ3n) is 7.90. The van der Waals surface area contributed by atoms with Gasteiger partial charge in [0.1, 0.15) is 5.75 Å². The van der Waals surface area contributed by atoms with E-state index < -0.39 is 5.85 Å². The molecule has 1 fully saturated rings. The van der Waals surface area contributed by atoms with Gasteiger partial charge in [0.15, 0.2) is 0 Å². The van der Waals surface area contributed by atoms with Gasteiger partial charge in [-0.05, 0) is 65.9 Å². The van der Waals surface area contributed by atoms with Gasteiger partial charge in [-0.3, -0.25) is 10.1 Å². The van der Waals surface area contributed by atoms with Crippen molar-refractivity contribution >= 4 is 56.3 Å². The zero-order valence-electron chi connectivity index (χ0n) is 23.0. The number of hydrogen-bond acceptors (Lipinski definition) is 6. The van der Waals surface area contributed by atoms with Crippen LogP contribution in [0.4, 0.5) is 4.79 Å². The number of nitrogens with one attached hydrogen (secondary N) is 1. The zero-order valence-corrected chi connectivity index (χ0v) is 26.2. The first-order valence-electron chi connectivity index (χ1n) is 14.0. The average molecular weight is 681 g/mol. The summed E-state index contributed by atoms with van der Waals surface area (Å²) in [5.41, 5.74) is 6.38. The number of halogens is 2. The van der Waals surface area contributed by atoms with Crippen LogP contribution in [0.3, 0.4) is 0 Å². The van der Waals surface area contributed by atoms with Crippen molar-refractivity contribution in [3.05, 3.63) is 140 Å². The van der Waals surface area contributed by atoms with Crippen molar-refractivity contribution in [1.82, 2.24) is 20.1 Å². The van der Waals surface area contributed by atoms with Crippen molar-refractivity contribution < 1.29 is 9.53 Å². The van der Waals surface area contributed by atoms with Gasteiger partial charge in [0.05, 0.1) is 28.0 Å². The molecule has 1 spiro atoms. The van der Waals surface area contributed by atoms with E-state index in [0.29, 0.717) is 22.1 Å². The van der Waals surface area contributed by atoms with E-state index in [1.807, 2.05) is 119 Å². The summed E-state index contributed by atoms with van der Waals surface area (Å²) in [6.07, 6.45) is 4.61. The predicted octanol–water partition coefficient (Wildman–Crippen LogP) is 8.65. The number of rotatable bonds is 4. The van der Waals surface area contributed by atoms with E-state index in [4.69, 9.17) is 26.5 Å². The molecular weight excluding hydrogens is 658 g/mol. The summed E-state index contributed by atoms with van der Waals surface area (Å²) in [4.78, 5) is 13.9. The molecule has 3 aliphatic rings. The second-order valence-corrected chi connectivity index (χ2v) is 13.0. The molecule has 1 saturated heterocycles. The van der Waals surface area contributed by atoms with Gasteiger partial charge >= 0.3 is 5.85 Å². The Morgan fingerprint density at radius 2 is 1.73 bits per heavy atom. The molecule has 10 heteroatoms. The van der Waals surface area contributed by atoms with Crippen LogP contribution in [0.2, 0.25) is 5.02 Å². The first kappa shape index (κ1) is 27.3. The van der Waals surface area contributed by atoms with Crippen molar-refractivity contribution in [3.8, 4) is 22.7 Å². The van der Waals surface area contributed by atoms with Crippen molar-refractivity contribution in [1.29, 1.82) is 0 Å². The largest absolute Gasteiger partial charge is 0.444 e. The van der Waals surface area contributed by atoms with Gasteiger partial charge in [-0.25, -0.2) is 9.69 Å². The van der Waals surface area contributed by atoms with Gasteiger partial charge in [-0.2, -0.15) is 10.2 Å². The lowest BCUT2D eigenvalue weighted by Crippen LogP contribution is -2.61. The molecular formula is C34H23BrClN5O2S. The Kier molecular flexibility index (Phi) is 6.62. The summed E-state index contributed by atoms with van der Waals surface area (Å²) in [6, 6.07) is 33.4. The molecule has 2 atom stereocenters. The summed E-state index contributed by atoms with van der Waals surface area (Å²) in [6.45, 7) is 0. The molecule has 1 aromatic heterocycles. The summed E-state index contributed by atoms with van der Waals surface area (Å²) >= 11 is 10.9. The zero-order chi connectivity index (χ0) is 29.8. The quantitative estimate of drug-likeness (QED) is 0.206. The molecule has 4 heterocycles. The Morgan fingerprint density at radius 3 is 2.50 bits per heavy atom. The number of carbonyl (C=O) groups excluding carboxylic acids is 1. The number of amides is 1. The number of nitrogens with zero attached hydrogens (tertiary/aromatic N) is 4. The van der Waals surface area contributed by atoms with Crippen molar-refractivity contribution in [2.45, 2.75) is 18.3 Å². The minimum atomic E-state index is -1.34. The lowest BCUT2D eigenvalue weighted by atomic mass is 9.95. The molecule has 7 nitrogen and oxygen atoms in total. The summed E-state index contributed by atoms with van der Waals surface area (Å²) in [5, 5.41) is 15.6. The van der Waals surface area contributed by atoms with Gasteiger partial charge in [-0.15, -0.1) is 0 Å². The van der Waals surface area contributed by atoms with Crippen molar-refractivity contribution in [2.24, 2.45) is 5.10 Å². The molecule has 1 N–H and O–H groups in total. The number of hydrogen-bond donors (Lipinski definition) is 1. The monoisotopic (exact) mass is 679 g/mol. The van der Waals surface area contributed by atoms with Gasteiger partial charge in [-0.1, -0.05) is 88.2 Å². The fourth-order valence-corrected chi connectivity index (χ4v) is 7.28. The van der Waals surface area contributed by atoms with Crippen LogP contribution in [0.1, 0.15) is 29.2 Å². The highest BCUT2D eigenvalue weighted by molar-refractivity contribution is 9.10. The van der Waals surface area contributed by atoms with Gasteiger partial charge in [0, 0.05) is 38.8 Å². The van der Waals surface area contributed by atoms with E-state index in [-0.39, 0.29) is 11.3 Å². The molecule has 216 valence electrons. The molecule has 2 unspecified atom stereocenters. The number of carbonyl (C=O) groups is 1. The van der Waals surface area contributed by atoms with Crippen LogP contribution in [0, 0.1) is 0 Å². The molecule has 0 aliphatic carbocycles. The smallest absolute Gasteiger partial charge is 0.314 e. The second-order valence-electron chi connectivity index (χ2n) is 10.6. The molecule has 44 heavy (non-hydrogen) atoms. The van der Waals surface area contributed by atoms with Crippen LogP contribution >= 0.6 is 39.3 Å². The van der Waals surface area contributed by atoms with Crippen molar-refractivity contribution in [2.75, 3.05) is 0 Å². The predicted molar refractivity (Wildman–Crippen MR) is 178 cm³/mol. The first-order valence-corrected chi connectivity index (χ1v) is 16.0. The van der Waals surface area contributed by atoms with E-state index >= 15 is 0 Å². The topological polar surface area (TPSA) is 71.8 Å². The summed E-state index contributed by atoms with van der Waals surface area (Å²) in [5.74, 6) is -0.650. The van der Waals surface area contributed by atoms with E-state index in [1.54, 1.807) is 0 Å². The highest BCUT2D eigenvalue weighted by Gasteiger charge is 2.58. The number of thioether (sulfide) groups is 1. The summed E-state index contributed by atoms with van der Waals surface area (Å²) < 4.78 is 9.58. The van der Waals surface area contributed by atoms with E-state index in [9.17, 15) is 4.79 Å². The minimum absolute atomic E-state index is 0.176. The molecule has 4 aromatic carbocycles. The SMILES string of the molecule is O=C1NC2(Oc3ccc(Br)cc3C3CC(c4ccc(Cl)cc4)=NN32)/C(=C/c2cn(-c3ccccc3)nc2-c2ccccc2)S1. The van der Waals surface area contributed by atoms with Crippen LogP contribution < -0.4 is 10.1 Å². The first-order chi connectivity index (χ1) is 21.5. The maximum Gasteiger partial charge on any atom is 0.314 e. The number of ether oxygens (including phenoxy) is 1. The van der Waals surface area contributed by atoms with Gasteiger partial charge in [0.2, 0.25) is 0 Å². The number of aromatic nitrogens is 2. The van der Waals surface area contributed by atoms with Gasteiger partial charge in [0.25, 0.3) is 5.24 Å².